The molecular formula is C27H53N3O5. The van der Waals surface area contributed by atoms with Gasteiger partial charge in [0.25, 0.3) is 0 Å². The first-order chi connectivity index (χ1) is 16.8. The van der Waals surface area contributed by atoms with Crippen LogP contribution in [0.25, 0.3) is 10.4 Å². The molecule has 35 heavy (non-hydrogen) atoms. The van der Waals surface area contributed by atoms with Crippen LogP contribution >= 0.6 is 0 Å². The van der Waals surface area contributed by atoms with Crippen LogP contribution < -0.4 is 0 Å². The summed E-state index contributed by atoms with van der Waals surface area (Å²) in [6.07, 6.45) is 14.4. The Morgan fingerprint density at radius 1 is 1.00 bits per heavy atom. The highest BCUT2D eigenvalue weighted by molar-refractivity contribution is 4.84. The maximum Gasteiger partial charge on any atom is 0.163 e. The van der Waals surface area contributed by atoms with Gasteiger partial charge in [-0.2, -0.15) is 0 Å². The van der Waals surface area contributed by atoms with Gasteiger partial charge in [0.1, 0.15) is 6.10 Å². The smallest absolute Gasteiger partial charge is 0.163 e. The lowest BCUT2D eigenvalue weighted by Crippen LogP contribution is -2.43. The van der Waals surface area contributed by atoms with Crippen molar-refractivity contribution in [3.63, 3.8) is 0 Å². The van der Waals surface area contributed by atoms with E-state index in [1.807, 2.05) is 27.7 Å². The van der Waals surface area contributed by atoms with Crippen LogP contribution in [0.5, 0.6) is 0 Å². The van der Waals surface area contributed by atoms with E-state index in [2.05, 4.69) is 16.9 Å². The topological polar surface area (TPSA) is 106 Å². The van der Waals surface area contributed by atoms with Crippen LogP contribution in [-0.4, -0.2) is 61.2 Å². The average Bonchev–Trinajstić information content (AvgIpc) is 3.15. The minimum absolute atomic E-state index is 0.0969. The van der Waals surface area contributed by atoms with Crippen molar-refractivity contribution in [2.75, 3.05) is 19.8 Å². The zero-order valence-corrected chi connectivity index (χ0v) is 23.1. The van der Waals surface area contributed by atoms with Crippen LogP contribution in [0.1, 0.15) is 118 Å². The second-order valence-corrected chi connectivity index (χ2v) is 10.7. The van der Waals surface area contributed by atoms with Gasteiger partial charge in [-0.1, -0.05) is 89.1 Å². The molecule has 8 nitrogen and oxygen atoms in total. The van der Waals surface area contributed by atoms with Crippen LogP contribution in [0.3, 0.4) is 0 Å². The predicted molar refractivity (Wildman–Crippen MR) is 140 cm³/mol. The molecule has 0 aliphatic carbocycles. The second-order valence-electron chi connectivity index (χ2n) is 10.7. The fourth-order valence-electron chi connectivity index (χ4n) is 4.54. The number of hydrogen-bond acceptors (Lipinski definition) is 6. The normalized spacial score (nSPS) is 20.0. The Labute approximate surface area is 214 Å². The number of rotatable bonds is 22. The summed E-state index contributed by atoms with van der Waals surface area (Å²) in [4.78, 5) is 2.98. The molecule has 0 saturated carbocycles. The number of aliphatic hydroxyl groups excluding tert-OH is 1. The fourth-order valence-corrected chi connectivity index (χ4v) is 4.54. The zero-order valence-electron chi connectivity index (χ0n) is 23.1. The number of aliphatic hydroxyl groups is 1. The van der Waals surface area contributed by atoms with Crippen LogP contribution in [-0.2, 0) is 18.9 Å². The molecule has 0 unspecified atom stereocenters. The highest BCUT2D eigenvalue weighted by Gasteiger charge is 2.34. The van der Waals surface area contributed by atoms with E-state index in [4.69, 9.17) is 24.5 Å². The van der Waals surface area contributed by atoms with Gasteiger partial charge in [-0.25, -0.2) is 0 Å². The van der Waals surface area contributed by atoms with E-state index < -0.39 is 24.0 Å². The molecule has 4 atom stereocenters. The Hall–Kier alpha value is -0.890. The Bertz CT molecular complexity index is 569. The van der Waals surface area contributed by atoms with Crippen molar-refractivity contribution in [1.29, 1.82) is 0 Å². The average molecular weight is 500 g/mol. The first kappa shape index (κ1) is 32.1. The third-order valence-corrected chi connectivity index (χ3v) is 6.40. The summed E-state index contributed by atoms with van der Waals surface area (Å²) in [7, 11) is 0. The van der Waals surface area contributed by atoms with Crippen molar-refractivity contribution < 1.29 is 24.1 Å². The number of ether oxygens (including phenoxy) is 4. The van der Waals surface area contributed by atoms with Crippen molar-refractivity contribution >= 4 is 0 Å². The molecule has 1 saturated heterocycles. The van der Waals surface area contributed by atoms with Crippen molar-refractivity contribution in [2.45, 2.75) is 154 Å². The SMILES string of the molecule is CCCCCCCCCCCCCC[C@@H](O)[C@@H](OC(C)C)[C@H](COC[C@H]1COC(C)(C)O1)N=[N+]=[N-]. The minimum atomic E-state index is -0.704. The minimum Gasteiger partial charge on any atom is -0.390 e. The summed E-state index contributed by atoms with van der Waals surface area (Å²) in [6, 6.07) is -0.606. The molecular weight excluding hydrogens is 446 g/mol. The molecule has 0 radical (unpaired) electrons. The summed E-state index contributed by atoms with van der Waals surface area (Å²) in [5.74, 6) is -0.605. The van der Waals surface area contributed by atoms with Gasteiger partial charge < -0.3 is 24.1 Å². The molecule has 1 rings (SSSR count). The molecule has 1 fully saturated rings. The predicted octanol–water partition coefficient (Wildman–Crippen LogP) is 7.08. The van der Waals surface area contributed by atoms with E-state index in [0.29, 0.717) is 19.6 Å². The maximum absolute atomic E-state index is 10.9. The van der Waals surface area contributed by atoms with Crippen LogP contribution in [0.4, 0.5) is 0 Å². The number of unbranched alkanes of at least 4 members (excludes halogenated alkanes) is 11. The second kappa shape index (κ2) is 19.3. The number of nitrogens with zero attached hydrogens (tertiary/aromatic N) is 3. The summed E-state index contributed by atoms with van der Waals surface area (Å²) in [5.41, 5.74) is 9.09. The lowest BCUT2D eigenvalue weighted by molar-refractivity contribution is -0.146. The molecule has 0 aromatic carbocycles. The van der Waals surface area contributed by atoms with Crippen molar-refractivity contribution in [3.05, 3.63) is 10.4 Å². The van der Waals surface area contributed by atoms with E-state index >= 15 is 0 Å². The third kappa shape index (κ3) is 15.7. The first-order valence-corrected chi connectivity index (χ1v) is 14.1. The summed E-state index contributed by atoms with van der Waals surface area (Å²) in [6.45, 7) is 10.8. The molecule has 0 amide bonds. The number of hydrogen-bond donors (Lipinski definition) is 1. The van der Waals surface area contributed by atoms with Gasteiger partial charge in [0, 0.05) is 4.91 Å². The molecule has 206 valence electrons. The monoisotopic (exact) mass is 499 g/mol. The Morgan fingerprint density at radius 3 is 2.06 bits per heavy atom. The van der Waals surface area contributed by atoms with Crippen LogP contribution in [0, 0.1) is 0 Å². The third-order valence-electron chi connectivity index (χ3n) is 6.40. The van der Waals surface area contributed by atoms with Gasteiger partial charge in [0.05, 0.1) is 44.2 Å². The summed E-state index contributed by atoms with van der Waals surface area (Å²) >= 11 is 0. The molecule has 0 bridgehead atoms. The van der Waals surface area contributed by atoms with Crippen molar-refractivity contribution in [3.8, 4) is 0 Å². The van der Waals surface area contributed by atoms with E-state index in [1.54, 1.807) is 0 Å². The van der Waals surface area contributed by atoms with Crippen LogP contribution in [0.15, 0.2) is 5.11 Å². The lowest BCUT2D eigenvalue weighted by atomic mass is 9.99. The van der Waals surface area contributed by atoms with Crippen molar-refractivity contribution in [1.82, 2.24) is 0 Å². The van der Waals surface area contributed by atoms with Gasteiger partial charge >= 0.3 is 0 Å². The zero-order chi connectivity index (χ0) is 25.9. The van der Waals surface area contributed by atoms with Gasteiger partial charge in [-0.15, -0.1) is 0 Å². The quantitative estimate of drug-likeness (QED) is 0.0741. The molecule has 1 heterocycles. The highest BCUT2D eigenvalue weighted by atomic mass is 16.7. The Balaban J connectivity index is 2.32. The van der Waals surface area contributed by atoms with Gasteiger partial charge in [-0.3, -0.25) is 0 Å². The van der Waals surface area contributed by atoms with Gasteiger partial charge in [0.15, 0.2) is 5.79 Å². The molecule has 8 heteroatoms. The highest BCUT2D eigenvalue weighted by Crippen LogP contribution is 2.23. The number of azide groups is 1. The summed E-state index contributed by atoms with van der Waals surface area (Å²) < 4.78 is 23.1. The van der Waals surface area contributed by atoms with Crippen molar-refractivity contribution in [2.24, 2.45) is 5.11 Å². The largest absolute Gasteiger partial charge is 0.390 e. The summed E-state index contributed by atoms with van der Waals surface area (Å²) in [5, 5.41) is 14.8. The molecule has 1 N–H and O–H groups in total. The maximum atomic E-state index is 10.9. The first-order valence-electron chi connectivity index (χ1n) is 14.1. The van der Waals surface area contributed by atoms with E-state index in [0.717, 1.165) is 12.8 Å². The van der Waals surface area contributed by atoms with Gasteiger partial charge in [-0.05, 0) is 39.6 Å². The molecule has 0 spiro atoms. The Morgan fingerprint density at radius 2 is 1.57 bits per heavy atom. The van der Waals surface area contributed by atoms with E-state index in [-0.39, 0.29) is 18.8 Å². The lowest BCUT2D eigenvalue weighted by Gasteiger charge is -2.30. The fraction of sp³-hybridized carbons (Fsp3) is 1.00. The molecule has 1 aliphatic heterocycles. The molecule has 0 aromatic heterocycles. The van der Waals surface area contributed by atoms with Gasteiger partial charge in [0.2, 0.25) is 0 Å². The van der Waals surface area contributed by atoms with Crippen LogP contribution in [0.2, 0.25) is 0 Å². The van der Waals surface area contributed by atoms with E-state index in [9.17, 15) is 5.11 Å². The Kier molecular flexibility index (Phi) is 17.7. The standard InChI is InChI=1S/C27H53N3O5/c1-6-7-8-9-10-11-12-13-14-15-16-17-18-25(31)26(34-22(2)3)24(29-30-28)21-32-19-23-20-33-27(4,5)35-23/h22-26,31H,6-21H2,1-5H3/t23-,24-,25+,26-/m0/s1. The van der Waals surface area contributed by atoms with E-state index in [1.165, 1.54) is 64.2 Å². The molecule has 0 aromatic rings. The molecule has 1 aliphatic rings.